The standard InChI is InChI=1S/C18H25N3O2/c1-13-3-5-16(6-4-13)21-12-14(11-17(21)22)18(23)20(2)15-7-9-19-10-8-15/h3-6,14-15,19H,7-12H2,1-2H3. The molecule has 0 saturated carbocycles. The van der Waals surface area contributed by atoms with E-state index in [2.05, 4.69) is 5.32 Å². The number of amides is 2. The highest BCUT2D eigenvalue weighted by Gasteiger charge is 2.37. The van der Waals surface area contributed by atoms with E-state index in [0.717, 1.165) is 31.6 Å². The van der Waals surface area contributed by atoms with Crippen molar-refractivity contribution < 1.29 is 9.59 Å². The first-order valence-corrected chi connectivity index (χ1v) is 8.40. The molecule has 0 spiro atoms. The smallest absolute Gasteiger partial charge is 0.228 e. The van der Waals surface area contributed by atoms with Crippen molar-refractivity contribution in [3.8, 4) is 0 Å². The molecule has 1 aromatic rings. The summed E-state index contributed by atoms with van der Waals surface area (Å²) in [5.41, 5.74) is 2.05. The van der Waals surface area contributed by atoms with E-state index < -0.39 is 0 Å². The third kappa shape index (κ3) is 3.39. The predicted octanol–water partition coefficient (Wildman–Crippen LogP) is 1.56. The van der Waals surface area contributed by atoms with Crippen molar-refractivity contribution in [1.82, 2.24) is 10.2 Å². The summed E-state index contributed by atoms with van der Waals surface area (Å²) in [5, 5.41) is 3.32. The molecule has 5 nitrogen and oxygen atoms in total. The number of nitrogens with zero attached hydrogens (tertiary/aromatic N) is 2. The molecule has 0 aromatic heterocycles. The first-order chi connectivity index (χ1) is 11.1. The molecule has 2 aliphatic rings. The Labute approximate surface area is 137 Å². The molecule has 5 heteroatoms. The Morgan fingerprint density at radius 2 is 1.87 bits per heavy atom. The third-order valence-corrected chi connectivity index (χ3v) is 5.02. The predicted molar refractivity (Wildman–Crippen MR) is 90.3 cm³/mol. The van der Waals surface area contributed by atoms with Crippen LogP contribution >= 0.6 is 0 Å². The minimum Gasteiger partial charge on any atom is -0.342 e. The van der Waals surface area contributed by atoms with Gasteiger partial charge in [0, 0.05) is 31.7 Å². The molecular formula is C18H25N3O2. The average molecular weight is 315 g/mol. The van der Waals surface area contributed by atoms with E-state index in [1.54, 1.807) is 4.90 Å². The van der Waals surface area contributed by atoms with E-state index >= 15 is 0 Å². The fraction of sp³-hybridized carbons (Fsp3) is 0.556. The van der Waals surface area contributed by atoms with Gasteiger partial charge in [0.05, 0.1) is 5.92 Å². The molecule has 3 rings (SSSR count). The molecule has 124 valence electrons. The fourth-order valence-corrected chi connectivity index (χ4v) is 3.51. The van der Waals surface area contributed by atoms with Gasteiger partial charge in [-0.05, 0) is 45.0 Å². The van der Waals surface area contributed by atoms with Gasteiger partial charge >= 0.3 is 0 Å². The van der Waals surface area contributed by atoms with Gasteiger partial charge < -0.3 is 15.1 Å². The molecule has 2 amide bonds. The van der Waals surface area contributed by atoms with Gasteiger partial charge in [-0.15, -0.1) is 0 Å². The number of rotatable bonds is 3. The van der Waals surface area contributed by atoms with Crippen molar-refractivity contribution in [2.24, 2.45) is 5.92 Å². The maximum Gasteiger partial charge on any atom is 0.228 e. The van der Waals surface area contributed by atoms with Gasteiger partial charge in [-0.2, -0.15) is 0 Å². The molecule has 1 atom stereocenters. The van der Waals surface area contributed by atoms with Crippen LogP contribution in [0.5, 0.6) is 0 Å². The maximum atomic E-state index is 12.7. The zero-order valence-electron chi connectivity index (χ0n) is 13.9. The van der Waals surface area contributed by atoms with Crippen molar-refractivity contribution in [3.05, 3.63) is 29.8 Å². The first kappa shape index (κ1) is 16.0. The Hall–Kier alpha value is -1.88. The van der Waals surface area contributed by atoms with E-state index in [9.17, 15) is 9.59 Å². The lowest BCUT2D eigenvalue weighted by Gasteiger charge is -2.33. The van der Waals surface area contributed by atoms with Crippen molar-refractivity contribution in [2.45, 2.75) is 32.2 Å². The number of hydrogen-bond donors (Lipinski definition) is 1. The van der Waals surface area contributed by atoms with E-state index in [1.165, 1.54) is 5.56 Å². The van der Waals surface area contributed by atoms with E-state index in [0.29, 0.717) is 19.0 Å². The van der Waals surface area contributed by atoms with Gasteiger partial charge in [0.1, 0.15) is 0 Å². The second-order valence-electron chi connectivity index (χ2n) is 6.67. The minimum absolute atomic E-state index is 0.0471. The van der Waals surface area contributed by atoms with Crippen LogP contribution in [0.25, 0.3) is 0 Å². The summed E-state index contributed by atoms with van der Waals surface area (Å²) >= 11 is 0. The van der Waals surface area contributed by atoms with Gasteiger partial charge in [0.15, 0.2) is 0 Å². The number of anilines is 1. The van der Waals surface area contributed by atoms with Crippen molar-refractivity contribution in [1.29, 1.82) is 0 Å². The second-order valence-corrected chi connectivity index (χ2v) is 6.67. The van der Waals surface area contributed by atoms with Gasteiger partial charge in [-0.25, -0.2) is 0 Å². The monoisotopic (exact) mass is 315 g/mol. The molecule has 0 radical (unpaired) electrons. The van der Waals surface area contributed by atoms with Crippen molar-refractivity contribution in [2.75, 3.05) is 31.6 Å². The molecule has 0 aliphatic carbocycles. The van der Waals surface area contributed by atoms with Crippen LogP contribution in [0.2, 0.25) is 0 Å². The largest absolute Gasteiger partial charge is 0.342 e. The Bertz CT molecular complexity index is 578. The maximum absolute atomic E-state index is 12.7. The van der Waals surface area contributed by atoms with E-state index in [4.69, 9.17) is 0 Å². The lowest BCUT2D eigenvalue weighted by molar-refractivity contribution is -0.137. The van der Waals surface area contributed by atoms with E-state index in [-0.39, 0.29) is 17.7 Å². The lowest BCUT2D eigenvalue weighted by atomic mass is 10.0. The molecule has 1 aromatic carbocycles. The number of aryl methyl sites for hydroxylation is 1. The SMILES string of the molecule is Cc1ccc(N2CC(C(=O)N(C)C3CCNCC3)CC2=O)cc1. The second kappa shape index (κ2) is 6.71. The number of carbonyl (C=O) groups is 2. The first-order valence-electron chi connectivity index (χ1n) is 8.40. The molecular weight excluding hydrogens is 290 g/mol. The zero-order chi connectivity index (χ0) is 16.4. The molecule has 1 unspecified atom stereocenters. The number of hydrogen-bond acceptors (Lipinski definition) is 3. The highest BCUT2D eigenvalue weighted by molar-refractivity contribution is 6.00. The Kier molecular flexibility index (Phi) is 4.66. The molecule has 2 heterocycles. The molecule has 0 bridgehead atoms. The molecule has 2 saturated heterocycles. The van der Waals surface area contributed by atoms with Crippen molar-refractivity contribution in [3.63, 3.8) is 0 Å². The van der Waals surface area contributed by atoms with Gasteiger partial charge in [-0.3, -0.25) is 9.59 Å². The lowest BCUT2D eigenvalue weighted by Crippen LogP contribution is -2.46. The normalized spacial score (nSPS) is 22.4. The number of carbonyl (C=O) groups excluding carboxylic acids is 2. The van der Waals surface area contributed by atoms with Crippen LogP contribution in [-0.4, -0.2) is 49.4 Å². The Morgan fingerprint density at radius 1 is 1.22 bits per heavy atom. The van der Waals surface area contributed by atoms with Crippen LogP contribution in [0.4, 0.5) is 5.69 Å². The molecule has 2 fully saturated rings. The van der Waals surface area contributed by atoms with Gasteiger partial charge in [0.25, 0.3) is 0 Å². The summed E-state index contributed by atoms with van der Waals surface area (Å²) in [4.78, 5) is 28.7. The molecule has 2 aliphatic heterocycles. The zero-order valence-corrected chi connectivity index (χ0v) is 13.9. The highest BCUT2D eigenvalue weighted by Crippen LogP contribution is 2.27. The Morgan fingerprint density at radius 3 is 2.52 bits per heavy atom. The van der Waals surface area contributed by atoms with Gasteiger partial charge in [-0.1, -0.05) is 17.7 Å². The van der Waals surface area contributed by atoms with E-state index in [1.807, 2.05) is 43.1 Å². The van der Waals surface area contributed by atoms with Crippen LogP contribution < -0.4 is 10.2 Å². The summed E-state index contributed by atoms with van der Waals surface area (Å²) in [7, 11) is 1.89. The summed E-state index contributed by atoms with van der Waals surface area (Å²) < 4.78 is 0. The number of nitrogens with one attached hydrogen (secondary N) is 1. The summed E-state index contributed by atoms with van der Waals surface area (Å²) in [6.45, 7) is 4.44. The van der Waals surface area contributed by atoms with Crippen molar-refractivity contribution >= 4 is 17.5 Å². The molecule has 1 N–H and O–H groups in total. The third-order valence-electron chi connectivity index (χ3n) is 5.02. The average Bonchev–Trinajstić information content (AvgIpc) is 2.97. The number of piperidine rings is 1. The van der Waals surface area contributed by atoms with Crippen LogP contribution in [-0.2, 0) is 9.59 Å². The summed E-state index contributed by atoms with van der Waals surface area (Å²) in [6, 6.07) is 8.21. The summed E-state index contributed by atoms with van der Waals surface area (Å²) in [6.07, 6.45) is 2.30. The fourth-order valence-electron chi connectivity index (χ4n) is 3.51. The quantitative estimate of drug-likeness (QED) is 0.921. The minimum atomic E-state index is -0.219. The molecule has 23 heavy (non-hydrogen) atoms. The van der Waals surface area contributed by atoms with Crippen LogP contribution in [0.3, 0.4) is 0 Å². The van der Waals surface area contributed by atoms with Crippen LogP contribution in [0.15, 0.2) is 24.3 Å². The van der Waals surface area contributed by atoms with Crippen LogP contribution in [0.1, 0.15) is 24.8 Å². The Balaban J connectivity index is 1.66. The highest BCUT2D eigenvalue weighted by atomic mass is 16.2. The number of benzene rings is 1. The summed E-state index contributed by atoms with van der Waals surface area (Å²) in [5.74, 6) is -0.0607. The topological polar surface area (TPSA) is 52.7 Å². The van der Waals surface area contributed by atoms with Gasteiger partial charge in [0.2, 0.25) is 11.8 Å². The van der Waals surface area contributed by atoms with Crippen LogP contribution in [0, 0.1) is 12.8 Å².